The average Bonchev–Trinajstić information content (AvgIpc) is 2.82. The molecule has 0 aliphatic carbocycles. The van der Waals surface area contributed by atoms with Gasteiger partial charge in [-0.1, -0.05) is 34.1 Å². The van der Waals surface area contributed by atoms with E-state index in [4.69, 9.17) is 5.73 Å². The summed E-state index contributed by atoms with van der Waals surface area (Å²) in [7, 11) is 0. The highest BCUT2D eigenvalue weighted by Crippen LogP contribution is 2.26. The summed E-state index contributed by atoms with van der Waals surface area (Å²) in [6, 6.07) is 14.3. The van der Waals surface area contributed by atoms with Gasteiger partial charge in [-0.15, -0.1) is 0 Å². The van der Waals surface area contributed by atoms with Crippen LogP contribution in [0.2, 0.25) is 0 Å². The zero-order valence-electron chi connectivity index (χ0n) is 10.5. The van der Waals surface area contributed by atoms with E-state index in [9.17, 15) is 0 Å². The van der Waals surface area contributed by atoms with E-state index < -0.39 is 0 Å². The zero-order valence-corrected chi connectivity index (χ0v) is 12.1. The number of hydrogen-bond donors (Lipinski definition) is 1. The molecule has 4 heteroatoms. The molecule has 0 aliphatic heterocycles. The molecular weight excluding hydrogens is 302 g/mol. The van der Waals surface area contributed by atoms with E-state index in [2.05, 4.69) is 49.7 Å². The maximum atomic E-state index is 5.92. The van der Waals surface area contributed by atoms with Gasteiger partial charge in [-0.3, -0.25) is 4.57 Å². The van der Waals surface area contributed by atoms with E-state index in [-0.39, 0.29) is 6.04 Å². The Morgan fingerprint density at radius 1 is 1.21 bits per heavy atom. The fraction of sp³-hybridized carbons (Fsp3) is 0.133. The van der Waals surface area contributed by atoms with Crippen molar-refractivity contribution in [1.29, 1.82) is 0 Å². The number of hydrogen-bond acceptors (Lipinski definition) is 2. The molecule has 2 aromatic carbocycles. The first-order valence-electron chi connectivity index (χ1n) is 6.14. The Kier molecular flexibility index (Phi) is 3.12. The third kappa shape index (κ3) is 2.17. The number of para-hydroxylation sites is 2. The normalized spacial score (nSPS) is 12.8. The Morgan fingerprint density at radius 2 is 2.00 bits per heavy atom. The molecule has 0 amide bonds. The maximum absolute atomic E-state index is 5.92. The molecule has 1 aromatic heterocycles. The van der Waals surface area contributed by atoms with E-state index in [1.54, 1.807) is 0 Å². The van der Waals surface area contributed by atoms with Crippen molar-refractivity contribution in [1.82, 2.24) is 9.55 Å². The number of nitrogens with zero attached hydrogens (tertiary/aromatic N) is 2. The summed E-state index contributed by atoms with van der Waals surface area (Å²) in [6.45, 7) is 1.98. The smallest absolute Gasteiger partial charge is 0.100 e. The monoisotopic (exact) mass is 315 g/mol. The molecule has 3 rings (SSSR count). The number of aromatic nitrogens is 2. The van der Waals surface area contributed by atoms with Crippen LogP contribution >= 0.6 is 15.9 Å². The highest BCUT2D eigenvalue weighted by atomic mass is 79.9. The average molecular weight is 316 g/mol. The van der Waals surface area contributed by atoms with Crippen LogP contribution in [0.3, 0.4) is 0 Å². The van der Waals surface area contributed by atoms with E-state index in [1.165, 1.54) is 0 Å². The summed E-state index contributed by atoms with van der Waals surface area (Å²) in [4.78, 5) is 4.41. The van der Waals surface area contributed by atoms with Crippen LogP contribution in [0.1, 0.15) is 18.5 Å². The van der Waals surface area contributed by atoms with Gasteiger partial charge >= 0.3 is 0 Å². The fourth-order valence-corrected chi connectivity index (χ4v) is 2.93. The molecule has 0 aliphatic rings. The van der Waals surface area contributed by atoms with Crippen molar-refractivity contribution in [3.63, 3.8) is 0 Å². The maximum Gasteiger partial charge on any atom is 0.100 e. The Balaban J connectivity index is 2.14. The summed E-state index contributed by atoms with van der Waals surface area (Å²) in [5.74, 6) is 0. The number of benzene rings is 2. The van der Waals surface area contributed by atoms with Crippen LogP contribution in [0.5, 0.6) is 0 Å². The van der Waals surface area contributed by atoms with Crippen LogP contribution in [0, 0.1) is 0 Å². The van der Waals surface area contributed by atoms with E-state index >= 15 is 0 Å². The second-order valence-corrected chi connectivity index (χ2v) is 5.45. The van der Waals surface area contributed by atoms with Crippen LogP contribution in [0.15, 0.2) is 53.3 Å². The SMILES string of the molecule is CC(N)c1ccc(-n2cnc3ccccc32)cc1Br. The quantitative estimate of drug-likeness (QED) is 0.781. The van der Waals surface area contributed by atoms with Gasteiger partial charge in [-0.05, 0) is 36.8 Å². The fourth-order valence-electron chi connectivity index (χ4n) is 2.20. The van der Waals surface area contributed by atoms with Crippen LogP contribution in [0.25, 0.3) is 16.7 Å². The van der Waals surface area contributed by atoms with Crippen molar-refractivity contribution >= 4 is 27.0 Å². The lowest BCUT2D eigenvalue weighted by atomic mass is 10.1. The van der Waals surface area contributed by atoms with E-state index in [0.717, 1.165) is 26.8 Å². The van der Waals surface area contributed by atoms with Crippen molar-refractivity contribution in [2.45, 2.75) is 13.0 Å². The van der Waals surface area contributed by atoms with Gasteiger partial charge in [0.25, 0.3) is 0 Å². The van der Waals surface area contributed by atoms with Gasteiger partial charge in [0.1, 0.15) is 6.33 Å². The van der Waals surface area contributed by atoms with Gasteiger partial charge in [0.2, 0.25) is 0 Å². The molecule has 1 unspecified atom stereocenters. The molecule has 3 nitrogen and oxygen atoms in total. The minimum Gasteiger partial charge on any atom is -0.324 e. The summed E-state index contributed by atoms with van der Waals surface area (Å²) < 4.78 is 3.10. The van der Waals surface area contributed by atoms with Crippen molar-refractivity contribution in [2.75, 3.05) is 0 Å². The Labute approximate surface area is 120 Å². The number of halogens is 1. The molecule has 1 atom stereocenters. The van der Waals surface area contributed by atoms with Gasteiger partial charge in [0, 0.05) is 16.2 Å². The summed E-state index contributed by atoms with van der Waals surface area (Å²) in [5.41, 5.74) is 10.2. The molecule has 0 radical (unpaired) electrons. The Bertz CT molecular complexity index is 731. The predicted octanol–water partition coefficient (Wildman–Crippen LogP) is 3.81. The summed E-state index contributed by atoms with van der Waals surface area (Å²) in [6.07, 6.45) is 1.85. The molecule has 0 saturated carbocycles. The third-order valence-electron chi connectivity index (χ3n) is 3.21. The van der Waals surface area contributed by atoms with Gasteiger partial charge < -0.3 is 5.73 Å². The molecule has 2 N–H and O–H groups in total. The predicted molar refractivity (Wildman–Crippen MR) is 81.4 cm³/mol. The first kappa shape index (κ1) is 12.4. The van der Waals surface area contributed by atoms with Crippen LogP contribution in [0.4, 0.5) is 0 Å². The molecule has 0 spiro atoms. The minimum atomic E-state index is 0.0166. The molecule has 0 saturated heterocycles. The van der Waals surface area contributed by atoms with Crippen LogP contribution in [-0.4, -0.2) is 9.55 Å². The van der Waals surface area contributed by atoms with Crippen LogP contribution in [-0.2, 0) is 0 Å². The molecule has 3 aromatic rings. The molecule has 0 fully saturated rings. The van der Waals surface area contributed by atoms with Crippen molar-refractivity contribution in [3.8, 4) is 5.69 Å². The van der Waals surface area contributed by atoms with Crippen molar-refractivity contribution < 1.29 is 0 Å². The Hall–Kier alpha value is -1.65. The summed E-state index contributed by atoms with van der Waals surface area (Å²) in [5, 5.41) is 0. The second-order valence-electron chi connectivity index (χ2n) is 4.60. The van der Waals surface area contributed by atoms with Gasteiger partial charge in [-0.2, -0.15) is 0 Å². The zero-order chi connectivity index (χ0) is 13.4. The molecule has 0 bridgehead atoms. The van der Waals surface area contributed by atoms with Gasteiger partial charge in [0.05, 0.1) is 11.0 Å². The number of imidazole rings is 1. The number of rotatable bonds is 2. The Morgan fingerprint density at radius 3 is 2.74 bits per heavy atom. The van der Waals surface area contributed by atoms with E-state index in [1.807, 2.05) is 31.5 Å². The number of fused-ring (bicyclic) bond motifs is 1. The lowest BCUT2D eigenvalue weighted by Gasteiger charge is -2.11. The molecule has 19 heavy (non-hydrogen) atoms. The second kappa shape index (κ2) is 4.79. The number of nitrogens with two attached hydrogens (primary N) is 1. The summed E-state index contributed by atoms with van der Waals surface area (Å²) >= 11 is 3.58. The highest BCUT2D eigenvalue weighted by Gasteiger charge is 2.08. The van der Waals surface area contributed by atoms with Crippen LogP contribution < -0.4 is 5.73 Å². The lowest BCUT2D eigenvalue weighted by Crippen LogP contribution is -2.06. The van der Waals surface area contributed by atoms with Crippen molar-refractivity contribution in [2.24, 2.45) is 5.73 Å². The first-order valence-corrected chi connectivity index (χ1v) is 6.93. The van der Waals surface area contributed by atoms with Gasteiger partial charge in [0.15, 0.2) is 0 Å². The van der Waals surface area contributed by atoms with Gasteiger partial charge in [-0.25, -0.2) is 4.98 Å². The molecular formula is C15H14BrN3. The largest absolute Gasteiger partial charge is 0.324 e. The van der Waals surface area contributed by atoms with E-state index in [0.29, 0.717) is 0 Å². The lowest BCUT2D eigenvalue weighted by molar-refractivity contribution is 0.812. The third-order valence-corrected chi connectivity index (χ3v) is 3.89. The standard InChI is InChI=1S/C15H14BrN3/c1-10(17)12-7-6-11(8-13(12)16)19-9-18-14-4-2-3-5-15(14)19/h2-10H,17H2,1H3. The topological polar surface area (TPSA) is 43.8 Å². The minimum absolute atomic E-state index is 0.0166. The van der Waals surface area contributed by atoms with Crippen molar-refractivity contribution in [3.05, 3.63) is 58.8 Å². The first-order chi connectivity index (χ1) is 9.16. The molecule has 96 valence electrons. The highest BCUT2D eigenvalue weighted by molar-refractivity contribution is 9.10. The molecule has 1 heterocycles.